The third-order valence-corrected chi connectivity index (χ3v) is 19.2. The summed E-state index contributed by atoms with van der Waals surface area (Å²) in [4.78, 5) is 72.6. The van der Waals surface area contributed by atoms with Crippen LogP contribution >= 0.6 is 15.6 Å². The molecule has 0 aromatic rings. The molecule has 0 radical (unpaired) electrons. The summed E-state index contributed by atoms with van der Waals surface area (Å²) in [7, 11) is -9.91. The van der Waals surface area contributed by atoms with E-state index in [0.29, 0.717) is 31.6 Å². The van der Waals surface area contributed by atoms with Crippen LogP contribution < -0.4 is 0 Å². The van der Waals surface area contributed by atoms with E-state index in [0.717, 1.165) is 114 Å². The fourth-order valence-corrected chi connectivity index (χ4v) is 12.4. The molecule has 0 aliphatic rings. The summed E-state index contributed by atoms with van der Waals surface area (Å²) < 4.78 is 68.4. The van der Waals surface area contributed by atoms with Gasteiger partial charge in [0.25, 0.3) is 0 Å². The Hall–Kier alpha value is -1.94. The zero-order chi connectivity index (χ0) is 67.5. The predicted octanol–water partition coefficient (Wildman–Crippen LogP) is 20.5. The van der Waals surface area contributed by atoms with Crippen LogP contribution in [0.1, 0.15) is 357 Å². The molecule has 19 heteroatoms. The number of hydrogen-bond acceptors (Lipinski definition) is 15. The highest BCUT2D eigenvalue weighted by Gasteiger charge is 2.30. The minimum Gasteiger partial charge on any atom is -0.462 e. The van der Waals surface area contributed by atoms with Crippen molar-refractivity contribution in [2.75, 3.05) is 39.6 Å². The molecule has 0 aliphatic heterocycles. The van der Waals surface area contributed by atoms with Gasteiger partial charge in [0.1, 0.15) is 19.3 Å². The lowest BCUT2D eigenvalue weighted by atomic mass is 9.99. The first kappa shape index (κ1) is 89.1. The van der Waals surface area contributed by atoms with Crippen LogP contribution in [0.25, 0.3) is 0 Å². The molecule has 0 aromatic carbocycles. The van der Waals surface area contributed by atoms with Gasteiger partial charge in [-0.15, -0.1) is 0 Å². The van der Waals surface area contributed by atoms with Crippen LogP contribution in [0.5, 0.6) is 0 Å². The zero-order valence-corrected chi connectivity index (χ0v) is 61.3. The number of ether oxygens (including phenoxy) is 4. The number of phosphoric ester groups is 2. The van der Waals surface area contributed by atoms with Crippen molar-refractivity contribution in [1.29, 1.82) is 0 Å². The monoisotopic (exact) mass is 1340 g/mol. The van der Waals surface area contributed by atoms with Gasteiger partial charge in [-0.05, 0) is 49.4 Å². The molecular formula is C72H140O17P2. The Labute approximate surface area is 556 Å². The van der Waals surface area contributed by atoms with Gasteiger partial charge >= 0.3 is 39.5 Å². The summed E-state index contributed by atoms with van der Waals surface area (Å²) in [5.74, 6) is 0.930. The van der Waals surface area contributed by atoms with Crippen molar-refractivity contribution in [3.63, 3.8) is 0 Å². The molecule has 0 heterocycles. The fourth-order valence-electron chi connectivity index (χ4n) is 10.8. The second-order valence-corrected chi connectivity index (χ2v) is 30.3. The molecule has 0 spiro atoms. The minimum atomic E-state index is -4.95. The standard InChI is InChI=1S/C72H140O17P2/c1-9-64(7)50-42-34-25-19-14-16-21-27-36-44-52-69(74)82-58-67(88-71(76)54-46-38-28-22-13-11-12-18-24-32-40-48-62(3)4)60-86-90(78,79)84-56-66(73)57-85-91(80,81)87-61-68(59-83-70(75)53-45-37-31-30-33-41-49-63(5)6)89-72(77)55-47-39-29-23-17-15-20-26-35-43-51-65(8)10-2/h62-68,73H,9-61H2,1-8H3,(H,78,79)(H,80,81)/t64?,65?,66-,67-,68-/m1/s1. The Morgan fingerprint density at radius 3 is 0.780 bits per heavy atom. The van der Waals surface area contributed by atoms with E-state index < -0.39 is 97.5 Å². The largest absolute Gasteiger partial charge is 0.472 e. The van der Waals surface area contributed by atoms with Gasteiger partial charge in [0.15, 0.2) is 12.2 Å². The number of unbranched alkanes of at least 4 members (excludes halogenated alkanes) is 33. The van der Waals surface area contributed by atoms with E-state index in [9.17, 15) is 43.2 Å². The first-order valence-electron chi connectivity index (χ1n) is 37.3. The Morgan fingerprint density at radius 2 is 0.527 bits per heavy atom. The summed E-state index contributed by atoms with van der Waals surface area (Å²) in [5.41, 5.74) is 0. The predicted molar refractivity (Wildman–Crippen MR) is 367 cm³/mol. The van der Waals surface area contributed by atoms with E-state index in [-0.39, 0.29) is 25.7 Å². The van der Waals surface area contributed by atoms with Crippen molar-refractivity contribution in [3.05, 3.63) is 0 Å². The molecule has 0 amide bonds. The van der Waals surface area contributed by atoms with Crippen molar-refractivity contribution in [2.45, 2.75) is 375 Å². The van der Waals surface area contributed by atoms with Gasteiger partial charge in [-0.25, -0.2) is 9.13 Å². The maximum Gasteiger partial charge on any atom is 0.472 e. The lowest BCUT2D eigenvalue weighted by molar-refractivity contribution is -0.161. The van der Waals surface area contributed by atoms with Crippen molar-refractivity contribution in [3.8, 4) is 0 Å². The SMILES string of the molecule is CCC(C)CCCCCCCCCCCCC(=O)OC[C@H](COP(=O)(O)OC[C@@H](O)COP(=O)(O)OC[C@@H](COC(=O)CCCCCCCCC(C)C)OC(=O)CCCCCCCCCCCCC(C)CC)OC(=O)CCCCCCCCCCCCCC(C)C. The average molecular weight is 1340 g/mol. The zero-order valence-electron chi connectivity index (χ0n) is 59.5. The lowest BCUT2D eigenvalue weighted by Gasteiger charge is -2.21. The Balaban J connectivity index is 5.26. The van der Waals surface area contributed by atoms with Gasteiger partial charge < -0.3 is 33.8 Å². The van der Waals surface area contributed by atoms with Crippen LogP contribution in [0, 0.1) is 23.7 Å². The summed E-state index contributed by atoms with van der Waals surface area (Å²) in [6.45, 7) is 14.1. The summed E-state index contributed by atoms with van der Waals surface area (Å²) in [6.07, 6.45) is 44.4. The molecular weight excluding hydrogens is 1200 g/mol. The summed E-state index contributed by atoms with van der Waals surface area (Å²) in [5, 5.41) is 10.6. The van der Waals surface area contributed by atoms with E-state index >= 15 is 0 Å². The topological polar surface area (TPSA) is 237 Å². The van der Waals surface area contributed by atoms with Crippen LogP contribution in [-0.4, -0.2) is 96.7 Å². The van der Waals surface area contributed by atoms with Gasteiger partial charge in [-0.1, -0.05) is 306 Å². The first-order valence-corrected chi connectivity index (χ1v) is 40.3. The van der Waals surface area contributed by atoms with E-state index in [1.165, 1.54) is 154 Å². The molecule has 0 fully saturated rings. The van der Waals surface area contributed by atoms with Crippen molar-refractivity contribution >= 4 is 39.5 Å². The minimum absolute atomic E-state index is 0.105. The smallest absolute Gasteiger partial charge is 0.462 e. The lowest BCUT2D eigenvalue weighted by Crippen LogP contribution is -2.30. The maximum atomic E-state index is 13.0. The summed E-state index contributed by atoms with van der Waals surface area (Å²) in [6, 6.07) is 0. The molecule has 0 rings (SSSR count). The Morgan fingerprint density at radius 1 is 0.308 bits per heavy atom. The van der Waals surface area contributed by atoms with Crippen molar-refractivity contribution in [2.24, 2.45) is 23.7 Å². The molecule has 0 aromatic heterocycles. The molecule has 4 unspecified atom stereocenters. The van der Waals surface area contributed by atoms with Gasteiger partial charge in [0.05, 0.1) is 26.4 Å². The van der Waals surface area contributed by atoms with Gasteiger partial charge in [0, 0.05) is 25.7 Å². The number of esters is 4. The summed E-state index contributed by atoms with van der Waals surface area (Å²) >= 11 is 0. The molecule has 0 bridgehead atoms. The Bertz CT molecular complexity index is 1800. The van der Waals surface area contributed by atoms with E-state index in [2.05, 4.69) is 55.4 Å². The van der Waals surface area contributed by atoms with Crippen LogP contribution in [0.4, 0.5) is 0 Å². The fraction of sp³-hybridized carbons (Fsp3) is 0.944. The van der Waals surface area contributed by atoms with Crippen LogP contribution in [0.3, 0.4) is 0 Å². The highest BCUT2D eigenvalue weighted by Crippen LogP contribution is 2.45. The molecule has 540 valence electrons. The molecule has 17 nitrogen and oxygen atoms in total. The van der Waals surface area contributed by atoms with Gasteiger partial charge in [-0.2, -0.15) is 0 Å². The number of carbonyl (C=O) groups excluding carboxylic acids is 4. The number of phosphoric acid groups is 2. The molecule has 3 N–H and O–H groups in total. The molecule has 0 saturated heterocycles. The highest BCUT2D eigenvalue weighted by molar-refractivity contribution is 7.47. The molecule has 0 aliphatic carbocycles. The second-order valence-electron chi connectivity index (χ2n) is 27.4. The number of rotatable bonds is 69. The van der Waals surface area contributed by atoms with Crippen LogP contribution in [0.15, 0.2) is 0 Å². The van der Waals surface area contributed by atoms with Crippen molar-refractivity contribution < 1.29 is 80.2 Å². The van der Waals surface area contributed by atoms with Crippen LogP contribution in [0.2, 0.25) is 0 Å². The number of aliphatic hydroxyl groups excluding tert-OH is 1. The van der Waals surface area contributed by atoms with E-state index in [4.69, 9.17) is 37.0 Å². The average Bonchev–Trinajstić information content (AvgIpc) is 2.32. The van der Waals surface area contributed by atoms with Gasteiger partial charge in [-0.3, -0.25) is 37.3 Å². The van der Waals surface area contributed by atoms with E-state index in [1.54, 1.807) is 0 Å². The maximum absolute atomic E-state index is 13.0. The second kappa shape index (κ2) is 61.6. The van der Waals surface area contributed by atoms with E-state index in [1.807, 2.05) is 0 Å². The third-order valence-electron chi connectivity index (χ3n) is 17.3. The van der Waals surface area contributed by atoms with Gasteiger partial charge in [0.2, 0.25) is 0 Å². The number of carbonyl (C=O) groups is 4. The highest BCUT2D eigenvalue weighted by atomic mass is 31.2. The Kier molecular flexibility index (Phi) is 60.3. The number of hydrogen-bond donors (Lipinski definition) is 3. The molecule has 0 saturated carbocycles. The third kappa shape index (κ3) is 63.9. The number of aliphatic hydroxyl groups is 1. The molecule has 7 atom stereocenters. The van der Waals surface area contributed by atoms with Crippen molar-refractivity contribution in [1.82, 2.24) is 0 Å². The van der Waals surface area contributed by atoms with Crippen LogP contribution in [-0.2, 0) is 65.4 Å². The normalized spacial score (nSPS) is 14.8. The molecule has 91 heavy (non-hydrogen) atoms. The first-order chi connectivity index (χ1) is 43.7. The quantitative estimate of drug-likeness (QED) is 0.0222.